The summed E-state index contributed by atoms with van der Waals surface area (Å²) in [7, 11) is 0. The van der Waals surface area contributed by atoms with Crippen LogP contribution < -0.4 is 0 Å². The molecule has 2 heterocycles. The van der Waals surface area contributed by atoms with Crippen molar-refractivity contribution in [3.05, 3.63) is 44.7 Å². The van der Waals surface area contributed by atoms with Crippen molar-refractivity contribution < 1.29 is 13.6 Å². The third kappa shape index (κ3) is 2.35. The Morgan fingerprint density at radius 3 is 2.80 bits per heavy atom. The first kappa shape index (κ1) is 10.6. The van der Waals surface area contributed by atoms with Gasteiger partial charge >= 0.3 is 0 Å². The number of Topliss-reactive ketones (excluding diaryl/α,β-unsaturated/α-hetero) is 1. The van der Waals surface area contributed by atoms with Crippen LogP contribution in [0.2, 0.25) is 0 Å². The standard InChI is InChI=1S/C10H6BrFO2S/c11-9-2-1-6(14-9)5-8(13)10-7(12)3-4-15-10/h1-4H,5H2. The van der Waals surface area contributed by atoms with Gasteiger partial charge in [0.25, 0.3) is 0 Å². The summed E-state index contributed by atoms with van der Waals surface area (Å²) in [5.41, 5.74) is 0. The molecular weight excluding hydrogens is 283 g/mol. The van der Waals surface area contributed by atoms with Gasteiger partial charge in [-0.15, -0.1) is 11.3 Å². The van der Waals surface area contributed by atoms with Crippen LogP contribution in [-0.2, 0) is 6.42 Å². The fraction of sp³-hybridized carbons (Fsp3) is 0.100. The Morgan fingerprint density at radius 2 is 2.27 bits per heavy atom. The van der Waals surface area contributed by atoms with Crippen LogP contribution in [-0.4, -0.2) is 5.78 Å². The van der Waals surface area contributed by atoms with Gasteiger partial charge in [0.1, 0.15) is 16.5 Å². The van der Waals surface area contributed by atoms with Gasteiger partial charge in [0.15, 0.2) is 10.5 Å². The highest BCUT2D eigenvalue weighted by Crippen LogP contribution is 2.20. The molecule has 0 aromatic carbocycles. The van der Waals surface area contributed by atoms with E-state index in [1.807, 2.05) is 0 Å². The maximum absolute atomic E-state index is 13.1. The van der Waals surface area contributed by atoms with Gasteiger partial charge < -0.3 is 4.42 Å². The predicted octanol–water partition coefficient (Wildman–Crippen LogP) is 3.67. The minimum absolute atomic E-state index is 0.0863. The van der Waals surface area contributed by atoms with Gasteiger partial charge in [-0.1, -0.05) is 0 Å². The Morgan fingerprint density at radius 1 is 1.47 bits per heavy atom. The Kier molecular flexibility index (Phi) is 3.02. The Hall–Kier alpha value is -0.940. The van der Waals surface area contributed by atoms with Gasteiger partial charge in [0, 0.05) is 0 Å². The zero-order chi connectivity index (χ0) is 10.8. The van der Waals surface area contributed by atoms with Gasteiger partial charge in [0.2, 0.25) is 0 Å². The molecule has 0 N–H and O–H groups in total. The first-order chi connectivity index (χ1) is 7.16. The van der Waals surface area contributed by atoms with E-state index in [9.17, 15) is 9.18 Å². The molecule has 0 saturated carbocycles. The van der Waals surface area contributed by atoms with E-state index in [1.165, 1.54) is 6.07 Å². The van der Waals surface area contributed by atoms with Crippen LogP contribution >= 0.6 is 27.3 Å². The molecule has 5 heteroatoms. The molecule has 2 aromatic rings. The Balaban J connectivity index is 2.14. The number of furan rings is 1. The van der Waals surface area contributed by atoms with Crippen molar-refractivity contribution >= 4 is 33.0 Å². The maximum Gasteiger partial charge on any atom is 0.183 e. The molecule has 0 atom stereocenters. The fourth-order valence-corrected chi connectivity index (χ4v) is 2.23. The minimum Gasteiger partial charge on any atom is -0.454 e. The lowest BCUT2D eigenvalue weighted by molar-refractivity contribution is 0.0987. The van der Waals surface area contributed by atoms with Gasteiger partial charge in [-0.25, -0.2) is 4.39 Å². The molecule has 0 radical (unpaired) electrons. The summed E-state index contributed by atoms with van der Waals surface area (Å²) < 4.78 is 18.8. The molecule has 78 valence electrons. The molecular formula is C10H6BrFO2S. The topological polar surface area (TPSA) is 30.2 Å². The SMILES string of the molecule is O=C(Cc1ccc(Br)o1)c1sccc1F. The van der Waals surface area contributed by atoms with Crippen molar-refractivity contribution in [1.82, 2.24) is 0 Å². The van der Waals surface area contributed by atoms with Crippen molar-refractivity contribution in [2.24, 2.45) is 0 Å². The molecule has 0 unspecified atom stereocenters. The smallest absolute Gasteiger partial charge is 0.183 e. The zero-order valence-corrected chi connectivity index (χ0v) is 9.90. The summed E-state index contributed by atoms with van der Waals surface area (Å²) in [5.74, 6) is -0.195. The molecule has 2 aromatic heterocycles. The van der Waals surface area contributed by atoms with Gasteiger partial charge in [-0.3, -0.25) is 4.79 Å². The van der Waals surface area contributed by atoms with E-state index in [1.54, 1.807) is 17.5 Å². The van der Waals surface area contributed by atoms with Gasteiger partial charge in [-0.2, -0.15) is 0 Å². The summed E-state index contributed by atoms with van der Waals surface area (Å²) in [6, 6.07) is 4.68. The van der Waals surface area contributed by atoms with Crippen molar-refractivity contribution in [2.45, 2.75) is 6.42 Å². The number of carbonyl (C=O) groups excluding carboxylic acids is 1. The Labute approximate surface area is 97.8 Å². The summed E-state index contributed by atoms with van der Waals surface area (Å²) in [6.45, 7) is 0. The summed E-state index contributed by atoms with van der Waals surface area (Å²) in [5, 5.41) is 1.56. The molecule has 0 bridgehead atoms. The molecule has 0 saturated heterocycles. The Bertz CT molecular complexity index is 489. The summed E-state index contributed by atoms with van der Waals surface area (Å²) in [4.78, 5) is 11.8. The highest BCUT2D eigenvalue weighted by Gasteiger charge is 2.15. The monoisotopic (exact) mass is 288 g/mol. The second-order valence-electron chi connectivity index (χ2n) is 2.90. The average Bonchev–Trinajstić information content (AvgIpc) is 2.75. The minimum atomic E-state index is -0.462. The van der Waals surface area contributed by atoms with E-state index >= 15 is 0 Å². The third-order valence-electron chi connectivity index (χ3n) is 1.83. The number of rotatable bonds is 3. The van der Waals surface area contributed by atoms with E-state index in [4.69, 9.17) is 4.42 Å². The highest BCUT2D eigenvalue weighted by atomic mass is 79.9. The summed E-state index contributed by atoms with van der Waals surface area (Å²) >= 11 is 4.24. The predicted molar refractivity (Wildman–Crippen MR) is 58.7 cm³/mol. The number of ketones is 1. The lowest BCUT2D eigenvalue weighted by Crippen LogP contribution is -2.01. The first-order valence-electron chi connectivity index (χ1n) is 4.17. The van der Waals surface area contributed by atoms with Gasteiger partial charge in [0.05, 0.1) is 6.42 Å². The quantitative estimate of drug-likeness (QED) is 0.807. The van der Waals surface area contributed by atoms with Crippen molar-refractivity contribution in [1.29, 1.82) is 0 Å². The molecule has 2 nitrogen and oxygen atoms in total. The number of hydrogen-bond donors (Lipinski definition) is 0. The molecule has 15 heavy (non-hydrogen) atoms. The second-order valence-corrected chi connectivity index (χ2v) is 4.60. The van der Waals surface area contributed by atoms with Crippen LogP contribution in [0.15, 0.2) is 32.7 Å². The molecule has 0 fully saturated rings. The van der Waals surface area contributed by atoms with Crippen LogP contribution in [0.3, 0.4) is 0 Å². The lowest BCUT2D eigenvalue weighted by atomic mass is 10.2. The largest absolute Gasteiger partial charge is 0.454 e. The van der Waals surface area contributed by atoms with Crippen LogP contribution in [0.1, 0.15) is 15.4 Å². The second kappa shape index (κ2) is 4.28. The van der Waals surface area contributed by atoms with Crippen LogP contribution in [0.4, 0.5) is 4.39 Å². The highest BCUT2D eigenvalue weighted by molar-refractivity contribution is 9.10. The third-order valence-corrected chi connectivity index (χ3v) is 3.19. The number of halogens is 2. The zero-order valence-electron chi connectivity index (χ0n) is 7.50. The molecule has 0 spiro atoms. The van der Waals surface area contributed by atoms with Crippen LogP contribution in [0.25, 0.3) is 0 Å². The number of carbonyl (C=O) groups is 1. The van der Waals surface area contributed by atoms with E-state index in [0.717, 1.165) is 11.3 Å². The van der Waals surface area contributed by atoms with Crippen LogP contribution in [0.5, 0.6) is 0 Å². The summed E-state index contributed by atoms with van der Waals surface area (Å²) in [6.07, 6.45) is 0.0863. The first-order valence-corrected chi connectivity index (χ1v) is 5.84. The molecule has 0 aliphatic rings. The van der Waals surface area contributed by atoms with E-state index in [2.05, 4.69) is 15.9 Å². The van der Waals surface area contributed by atoms with E-state index < -0.39 is 5.82 Å². The van der Waals surface area contributed by atoms with E-state index in [-0.39, 0.29) is 17.1 Å². The van der Waals surface area contributed by atoms with Gasteiger partial charge in [-0.05, 0) is 39.5 Å². The normalized spacial score (nSPS) is 10.5. The molecule has 2 rings (SSSR count). The fourth-order valence-electron chi connectivity index (χ4n) is 1.18. The average molecular weight is 289 g/mol. The lowest BCUT2D eigenvalue weighted by Gasteiger charge is -1.94. The van der Waals surface area contributed by atoms with Crippen molar-refractivity contribution in [3.8, 4) is 0 Å². The van der Waals surface area contributed by atoms with E-state index in [0.29, 0.717) is 10.4 Å². The van der Waals surface area contributed by atoms with Crippen molar-refractivity contribution in [3.63, 3.8) is 0 Å². The van der Waals surface area contributed by atoms with Crippen LogP contribution in [0, 0.1) is 5.82 Å². The number of thiophene rings is 1. The molecule has 0 aliphatic carbocycles. The molecule has 0 amide bonds. The maximum atomic E-state index is 13.1. The van der Waals surface area contributed by atoms with Crippen molar-refractivity contribution in [2.75, 3.05) is 0 Å². The molecule has 0 aliphatic heterocycles. The number of hydrogen-bond acceptors (Lipinski definition) is 3.